The van der Waals surface area contributed by atoms with Gasteiger partial charge in [-0.2, -0.15) is 18.2 Å². The lowest BCUT2D eigenvalue weighted by atomic mass is 10.1. The zero-order valence-corrected chi connectivity index (χ0v) is 12.7. The first-order chi connectivity index (χ1) is 11.3. The van der Waals surface area contributed by atoms with Gasteiger partial charge in [-0.3, -0.25) is 0 Å². The number of hydrogen-bond donors (Lipinski definition) is 0. The lowest BCUT2D eigenvalue weighted by molar-refractivity contribution is -0.137. The maximum Gasteiger partial charge on any atom is 0.416 e. The second kappa shape index (κ2) is 6.24. The van der Waals surface area contributed by atoms with Crippen molar-refractivity contribution in [2.75, 3.05) is 0 Å². The fraction of sp³-hybridized carbons (Fsp3) is 0.125. The lowest BCUT2D eigenvalue weighted by Gasteiger charge is -2.06. The van der Waals surface area contributed by atoms with Gasteiger partial charge in [-0.15, -0.1) is 0 Å². The number of nitrogens with zero attached hydrogens (tertiary/aromatic N) is 2. The number of halogens is 5. The Kier molecular flexibility index (Phi) is 4.28. The van der Waals surface area contributed by atoms with Crippen LogP contribution in [0, 0.1) is 5.82 Å². The van der Waals surface area contributed by atoms with Crippen LogP contribution in [0.5, 0.6) is 0 Å². The van der Waals surface area contributed by atoms with E-state index >= 15 is 0 Å². The first-order valence-electron chi connectivity index (χ1n) is 6.77. The van der Waals surface area contributed by atoms with E-state index in [-0.39, 0.29) is 34.3 Å². The summed E-state index contributed by atoms with van der Waals surface area (Å²) in [5.74, 6) is -0.487. The van der Waals surface area contributed by atoms with Gasteiger partial charge in [-0.25, -0.2) is 4.39 Å². The largest absolute Gasteiger partial charge is 0.416 e. The molecular formula is C16H9ClF4N2O. The Morgan fingerprint density at radius 2 is 1.83 bits per heavy atom. The molecule has 1 heterocycles. The van der Waals surface area contributed by atoms with Crippen LogP contribution in [-0.4, -0.2) is 10.1 Å². The van der Waals surface area contributed by atoms with E-state index in [0.717, 1.165) is 12.1 Å². The number of hydrogen-bond acceptors (Lipinski definition) is 3. The van der Waals surface area contributed by atoms with Gasteiger partial charge in [0.05, 0.1) is 12.0 Å². The van der Waals surface area contributed by atoms with Crippen LogP contribution in [0.3, 0.4) is 0 Å². The Bertz CT molecular complexity index is 856. The van der Waals surface area contributed by atoms with Gasteiger partial charge in [0, 0.05) is 16.1 Å². The van der Waals surface area contributed by atoms with Gasteiger partial charge in [0.25, 0.3) is 0 Å². The molecule has 0 spiro atoms. The summed E-state index contributed by atoms with van der Waals surface area (Å²) >= 11 is 5.92. The van der Waals surface area contributed by atoms with E-state index in [1.165, 1.54) is 30.3 Å². The second-order valence-corrected chi connectivity index (χ2v) is 5.37. The molecule has 8 heteroatoms. The highest BCUT2D eigenvalue weighted by molar-refractivity contribution is 6.31. The number of rotatable bonds is 3. The van der Waals surface area contributed by atoms with E-state index in [0.29, 0.717) is 0 Å². The smallest absolute Gasteiger partial charge is 0.339 e. The normalized spacial score (nSPS) is 11.7. The van der Waals surface area contributed by atoms with Crippen molar-refractivity contribution in [3.8, 4) is 11.4 Å². The zero-order chi connectivity index (χ0) is 17.3. The van der Waals surface area contributed by atoms with Gasteiger partial charge in [-0.1, -0.05) is 35.0 Å². The molecule has 0 aliphatic rings. The Labute approximate surface area is 138 Å². The fourth-order valence-corrected chi connectivity index (χ4v) is 2.36. The van der Waals surface area contributed by atoms with Gasteiger partial charge in [0.15, 0.2) is 0 Å². The molecule has 3 rings (SSSR count). The van der Waals surface area contributed by atoms with Crippen LogP contribution in [-0.2, 0) is 12.6 Å². The Hall–Kier alpha value is -2.41. The van der Waals surface area contributed by atoms with Crippen molar-refractivity contribution in [1.29, 1.82) is 0 Å². The first-order valence-corrected chi connectivity index (χ1v) is 7.15. The molecule has 1 aromatic heterocycles. The molecule has 24 heavy (non-hydrogen) atoms. The molecule has 3 nitrogen and oxygen atoms in total. The van der Waals surface area contributed by atoms with Crippen LogP contribution in [0.15, 0.2) is 47.0 Å². The Morgan fingerprint density at radius 3 is 2.54 bits per heavy atom. The SMILES string of the molecule is Fc1cccc(Cl)c1Cc1nc(-c2cccc(C(F)(F)F)c2)no1. The van der Waals surface area contributed by atoms with Crippen molar-refractivity contribution in [3.05, 3.63) is 70.3 Å². The third kappa shape index (κ3) is 3.41. The molecular weight excluding hydrogens is 348 g/mol. The van der Waals surface area contributed by atoms with E-state index in [2.05, 4.69) is 10.1 Å². The summed E-state index contributed by atoms with van der Waals surface area (Å²) < 4.78 is 57.0. The summed E-state index contributed by atoms with van der Waals surface area (Å²) in [7, 11) is 0. The van der Waals surface area contributed by atoms with Crippen molar-refractivity contribution in [3.63, 3.8) is 0 Å². The average molecular weight is 357 g/mol. The van der Waals surface area contributed by atoms with Crippen molar-refractivity contribution in [2.45, 2.75) is 12.6 Å². The number of aromatic nitrogens is 2. The van der Waals surface area contributed by atoms with Gasteiger partial charge >= 0.3 is 6.18 Å². The minimum absolute atomic E-state index is 0.0106. The van der Waals surface area contributed by atoms with Crippen LogP contribution < -0.4 is 0 Å². The third-order valence-corrected chi connectivity index (χ3v) is 3.66. The number of benzene rings is 2. The predicted molar refractivity (Wildman–Crippen MR) is 79.0 cm³/mol. The maximum atomic E-state index is 13.8. The van der Waals surface area contributed by atoms with E-state index in [4.69, 9.17) is 16.1 Å². The summed E-state index contributed by atoms with van der Waals surface area (Å²) in [6, 6.07) is 8.77. The van der Waals surface area contributed by atoms with Crippen LogP contribution in [0.25, 0.3) is 11.4 Å². The molecule has 0 atom stereocenters. The molecule has 0 unspecified atom stereocenters. The fourth-order valence-electron chi connectivity index (χ4n) is 2.13. The van der Waals surface area contributed by atoms with E-state index in [9.17, 15) is 17.6 Å². The quantitative estimate of drug-likeness (QED) is 0.610. The highest BCUT2D eigenvalue weighted by atomic mass is 35.5. The lowest BCUT2D eigenvalue weighted by Crippen LogP contribution is -2.04. The van der Waals surface area contributed by atoms with Crippen molar-refractivity contribution in [2.24, 2.45) is 0 Å². The summed E-state index contributed by atoms with van der Waals surface area (Å²) in [6.45, 7) is 0. The van der Waals surface area contributed by atoms with Crippen molar-refractivity contribution < 1.29 is 22.1 Å². The van der Waals surface area contributed by atoms with Gasteiger partial charge in [-0.05, 0) is 24.3 Å². The monoisotopic (exact) mass is 356 g/mol. The molecule has 124 valence electrons. The van der Waals surface area contributed by atoms with Crippen LogP contribution in [0.4, 0.5) is 17.6 Å². The van der Waals surface area contributed by atoms with Gasteiger partial charge < -0.3 is 4.52 Å². The molecule has 0 amide bonds. The summed E-state index contributed by atoms with van der Waals surface area (Å²) in [5, 5.41) is 3.85. The van der Waals surface area contributed by atoms with E-state index in [1.807, 2.05) is 0 Å². The molecule has 0 radical (unpaired) electrons. The van der Waals surface area contributed by atoms with Crippen LogP contribution in [0.2, 0.25) is 5.02 Å². The molecule has 0 N–H and O–H groups in total. The van der Waals surface area contributed by atoms with E-state index < -0.39 is 17.6 Å². The molecule has 0 aliphatic heterocycles. The van der Waals surface area contributed by atoms with Crippen LogP contribution in [0.1, 0.15) is 17.0 Å². The van der Waals surface area contributed by atoms with Gasteiger partial charge in [0.2, 0.25) is 11.7 Å². The first kappa shape index (κ1) is 16.4. The summed E-state index contributed by atoms with van der Waals surface area (Å²) in [6.07, 6.45) is -4.53. The average Bonchev–Trinajstić information content (AvgIpc) is 2.99. The van der Waals surface area contributed by atoms with Crippen LogP contribution >= 0.6 is 11.6 Å². The van der Waals surface area contributed by atoms with Gasteiger partial charge in [0.1, 0.15) is 5.82 Å². The molecule has 2 aromatic carbocycles. The Balaban J connectivity index is 1.89. The molecule has 3 aromatic rings. The van der Waals surface area contributed by atoms with E-state index in [1.54, 1.807) is 0 Å². The summed E-state index contributed by atoms with van der Waals surface area (Å²) in [4.78, 5) is 4.01. The topological polar surface area (TPSA) is 38.9 Å². The zero-order valence-electron chi connectivity index (χ0n) is 11.9. The second-order valence-electron chi connectivity index (χ2n) is 4.97. The molecule has 0 fully saturated rings. The maximum absolute atomic E-state index is 13.8. The minimum atomic E-state index is -4.47. The number of alkyl halides is 3. The highest BCUT2D eigenvalue weighted by Crippen LogP contribution is 2.31. The highest BCUT2D eigenvalue weighted by Gasteiger charge is 2.30. The molecule has 0 aliphatic carbocycles. The Morgan fingerprint density at radius 1 is 1.08 bits per heavy atom. The molecule has 0 saturated heterocycles. The predicted octanol–water partition coefficient (Wildman–Crippen LogP) is 5.14. The molecule has 0 saturated carbocycles. The standard InChI is InChI=1S/C16H9ClF4N2O/c17-12-5-2-6-13(18)11(12)8-14-22-15(23-24-14)9-3-1-4-10(7-9)16(19,20)21/h1-7H,8H2. The van der Waals surface area contributed by atoms with Crippen molar-refractivity contribution >= 4 is 11.6 Å². The molecule has 0 bridgehead atoms. The van der Waals surface area contributed by atoms with Crippen molar-refractivity contribution in [1.82, 2.24) is 10.1 Å². The third-order valence-electron chi connectivity index (χ3n) is 3.31. The minimum Gasteiger partial charge on any atom is -0.339 e. The summed E-state index contributed by atoms with van der Waals surface area (Å²) in [5.41, 5.74) is -0.485.